The van der Waals surface area contributed by atoms with Crippen LogP contribution >= 0.6 is 24.0 Å². The van der Waals surface area contributed by atoms with Gasteiger partial charge in [0, 0.05) is 12.6 Å². The van der Waals surface area contributed by atoms with Gasteiger partial charge in [-0.3, -0.25) is 4.79 Å². The van der Waals surface area contributed by atoms with E-state index in [1.165, 1.54) is 0 Å². The molecule has 0 bridgehead atoms. The normalized spacial score (nSPS) is 18.6. The van der Waals surface area contributed by atoms with Crippen LogP contribution in [0.5, 0.6) is 0 Å². The summed E-state index contributed by atoms with van der Waals surface area (Å²) < 4.78 is 26.0. The molecule has 0 aromatic heterocycles. The van der Waals surface area contributed by atoms with Crippen molar-refractivity contribution in [3.63, 3.8) is 0 Å². The van der Waals surface area contributed by atoms with E-state index in [2.05, 4.69) is 10.6 Å². The first-order chi connectivity index (χ1) is 8.58. The van der Waals surface area contributed by atoms with Gasteiger partial charge in [-0.25, -0.2) is 8.78 Å². The lowest BCUT2D eigenvalue weighted by Crippen LogP contribution is -2.45. The number of halogens is 4. The zero-order valence-electron chi connectivity index (χ0n) is 10.0. The maximum Gasteiger partial charge on any atom is 0.253 e. The van der Waals surface area contributed by atoms with E-state index >= 15 is 0 Å². The number of carbonyl (C=O) groups is 1. The molecule has 1 unspecified atom stereocenters. The number of carbonyl (C=O) groups excluding carboxylic acids is 1. The summed E-state index contributed by atoms with van der Waals surface area (Å²) in [4.78, 5) is 11.9. The molecular weight excluding hydrogens is 297 g/mol. The van der Waals surface area contributed by atoms with Crippen molar-refractivity contribution in [3.05, 3.63) is 34.4 Å². The van der Waals surface area contributed by atoms with Gasteiger partial charge < -0.3 is 10.6 Å². The number of benzene rings is 1. The monoisotopic (exact) mass is 310 g/mol. The smallest absolute Gasteiger partial charge is 0.253 e. The minimum absolute atomic E-state index is 0. The Morgan fingerprint density at radius 2 is 2.05 bits per heavy atom. The zero-order valence-corrected chi connectivity index (χ0v) is 11.6. The van der Waals surface area contributed by atoms with Crippen LogP contribution in [-0.2, 0) is 0 Å². The van der Waals surface area contributed by atoms with Crippen molar-refractivity contribution in [3.8, 4) is 0 Å². The molecule has 1 atom stereocenters. The molecule has 1 saturated heterocycles. The molecular formula is C12H14Cl2F2N2O. The summed E-state index contributed by atoms with van der Waals surface area (Å²) in [6, 6.07) is 1.63. The molecule has 1 aliphatic heterocycles. The van der Waals surface area contributed by atoms with Gasteiger partial charge >= 0.3 is 0 Å². The van der Waals surface area contributed by atoms with Gasteiger partial charge in [0.15, 0.2) is 11.6 Å². The second-order valence-corrected chi connectivity index (χ2v) is 4.67. The summed E-state index contributed by atoms with van der Waals surface area (Å²) >= 11 is 5.73. The Balaban J connectivity index is 0.00000180. The summed E-state index contributed by atoms with van der Waals surface area (Å²) in [5.41, 5.74) is -0.0406. The second kappa shape index (κ2) is 7.03. The number of piperidine rings is 1. The van der Waals surface area contributed by atoms with E-state index < -0.39 is 17.5 Å². The zero-order chi connectivity index (χ0) is 13.1. The summed E-state index contributed by atoms with van der Waals surface area (Å²) in [7, 11) is 0. The van der Waals surface area contributed by atoms with Crippen molar-refractivity contribution < 1.29 is 13.6 Å². The highest BCUT2D eigenvalue weighted by Crippen LogP contribution is 2.20. The van der Waals surface area contributed by atoms with Gasteiger partial charge in [-0.1, -0.05) is 11.6 Å². The summed E-state index contributed by atoms with van der Waals surface area (Å²) in [5.74, 6) is -2.62. The molecule has 0 spiro atoms. The third kappa shape index (κ3) is 4.03. The molecule has 1 aromatic carbocycles. The van der Waals surface area contributed by atoms with Crippen LogP contribution in [0.3, 0.4) is 0 Å². The second-order valence-electron chi connectivity index (χ2n) is 4.26. The molecule has 2 N–H and O–H groups in total. The van der Waals surface area contributed by atoms with Gasteiger partial charge in [0.05, 0.1) is 10.6 Å². The van der Waals surface area contributed by atoms with E-state index in [1.54, 1.807) is 0 Å². The van der Waals surface area contributed by atoms with Gasteiger partial charge in [-0.2, -0.15) is 0 Å². The van der Waals surface area contributed by atoms with Gasteiger partial charge in [0.1, 0.15) is 0 Å². The summed E-state index contributed by atoms with van der Waals surface area (Å²) in [6.45, 7) is 1.60. The average molecular weight is 311 g/mol. The molecule has 0 radical (unpaired) electrons. The van der Waals surface area contributed by atoms with Gasteiger partial charge in [-0.15, -0.1) is 12.4 Å². The molecule has 1 fully saturated rings. The predicted octanol–water partition coefficient (Wildman–Crippen LogP) is 2.52. The van der Waals surface area contributed by atoms with E-state index in [-0.39, 0.29) is 29.0 Å². The highest BCUT2D eigenvalue weighted by atomic mass is 35.5. The maximum atomic E-state index is 13.1. The first-order valence-corrected chi connectivity index (χ1v) is 6.12. The predicted molar refractivity (Wildman–Crippen MR) is 72.0 cm³/mol. The third-order valence-corrected chi connectivity index (χ3v) is 3.20. The van der Waals surface area contributed by atoms with Crippen molar-refractivity contribution >= 4 is 29.9 Å². The Hall–Kier alpha value is -0.910. The van der Waals surface area contributed by atoms with E-state index in [1.807, 2.05) is 0 Å². The SMILES string of the molecule is Cl.O=C(NC1CCCNC1)c1cc(F)c(F)cc1Cl. The van der Waals surface area contributed by atoms with Gasteiger partial charge in [0.2, 0.25) is 0 Å². The summed E-state index contributed by atoms with van der Waals surface area (Å²) in [5, 5.41) is 5.80. The van der Waals surface area contributed by atoms with E-state index in [9.17, 15) is 13.6 Å². The van der Waals surface area contributed by atoms with Crippen LogP contribution in [0.4, 0.5) is 8.78 Å². The Morgan fingerprint density at radius 1 is 1.37 bits per heavy atom. The maximum absolute atomic E-state index is 13.1. The lowest BCUT2D eigenvalue weighted by atomic mass is 10.1. The molecule has 1 heterocycles. The van der Waals surface area contributed by atoms with Crippen LogP contribution in [0.1, 0.15) is 23.2 Å². The molecule has 19 heavy (non-hydrogen) atoms. The van der Waals surface area contributed by atoms with Crippen LogP contribution in [-0.4, -0.2) is 25.0 Å². The highest BCUT2D eigenvalue weighted by Gasteiger charge is 2.19. The lowest BCUT2D eigenvalue weighted by molar-refractivity contribution is 0.0930. The molecule has 0 saturated carbocycles. The fourth-order valence-electron chi connectivity index (χ4n) is 1.93. The molecule has 106 valence electrons. The highest BCUT2D eigenvalue weighted by molar-refractivity contribution is 6.33. The number of nitrogens with one attached hydrogen (secondary N) is 2. The molecule has 7 heteroatoms. The fourth-order valence-corrected chi connectivity index (χ4v) is 2.17. The first-order valence-electron chi connectivity index (χ1n) is 5.74. The fraction of sp³-hybridized carbons (Fsp3) is 0.417. The van der Waals surface area contributed by atoms with Crippen molar-refractivity contribution in [2.24, 2.45) is 0 Å². The number of hydrogen-bond acceptors (Lipinski definition) is 2. The van der Waals surface area contributed by atoms with Crippen molar-refractivity contribution in [1.29, 1.82) is 0 Å². The number of hydrogen-bond donors (Lipinski definition) is 2. The topological polar surface area (TPSA) is 41.1 Å². The Morgan fingerprint density at radius 3 is 2.68 bits per heavy atom. The Kier molecular flexibility index (Phi) is 5.97. The van der Waals surface area contributed by atoms with Gasteiger partial charge in [0.25, 0.3) is 5.91 Å². The lowest BCUT2D eigenvalue weighted by Gasteiger charge is -2.24. The van der Waals surface area contributed by atoms with E-state index in [4.69, 9.17) is 11.6 Å². The minimum Gasteiger partial charge on any atom is -0.348 e. The van der Waals surface area contributed by atoms with Crippen LogP contribution < -0.4 is 10.6 Å². The van der Waals surface area contributed by atoms with Crippen LogP contribution in [0.25, 0.3) is 0 Å². The van der Waals surface area contributed by atoms with E-state index in [0.29, 0.717) is 6.54 Å². The summed E-state index contributed by atoms with van der Waals surface area (Å²) in [6.07, 6.45) is 1.83. The van der Waals surface area contributed by atoms with Crippen molar-refractivity contribution in [1.82, 2.24) is 10.6 Å². The number of amides is 1. The molecule has 3 nitrogen and oxygen atoms in total. The largest absolute Gasteiger partial charge is 0.348 e. The van der Waals surface area contributed by atoms with Crippen LogP contribution in [0.2, 0.25) is 5.02 Å². The Bertz CT molecular complexity index is 465. The molecule has 0 aliphatic carbocycles. The molecule has 1 aliphatic rings. The van der Waals surface area contributed by atoms with E-state index in [0.717, 1.165) is 31.5 Å². The standard InChI is InChI=1S/C12H13ClF2N2O.ClH/c13-9-5-11(15)10(14)4-8(9)12(18)17-7-2-1-3-16-6-7;/h4-5,7,16H,1-3,6H2,(H,17,18);1H. The Labute approximate surface area is 121 Å². The third-order valence-electron chi connectivity index (χ3n) is 2.89. The van der Waals surface area contributed by atoms with Crippen LogP contribution in [0.15, 0.2) is 12.1 Å². The average Bonchev–Trinajstić information content (AvgIpc) is 2.35. The first kappa shape index (κ1) is 16.1. The van der Waals surface area contributed by atoms with Gasteiger partial charge in [-0.05, 0) is 31.5 Å². The van der Waals surface area contributed by atoms with Crippen molar-refractivity contribution in [2.75, 3.05) is 13.1 Å². The quantitative estimate of drug-likeness (QED) is 0.824. The molecule has 1 amide bonds. The molecule has 2 rings (SSSR count). The number of rotatable bonds is 2. The minimum atomic E-state index is -1.08. The van der Waals surface area contributed by atoms with Crippen molar-refractivity contribution in [2.45, 2.75) is 18.9 Å². The van der Waals surface area contributed by atoms with Crippen LogP contribution in [0, 0.1) is 11.6 Å². The molecule has 1 aromatic rings.